The van der Waals surface area contributed by atoms with E-state index in [1.54, 1.807) is 22.9 Å². The Morgan fingerprint density at radius 2 is 1.81 bits per heavy atom. The van der Waals surface area contributed by atoms with Gasteiger partial charge in [-0.1, -0.05) is 48.5 Å². The Balaban J connectivity index is 1.39. The normalized spacial score (nSPS) is 15.4. The Morgan fingerprint density at radius 3 is 2.56 bits per heavy atom. The molecule has 3 aromatic carbocycles. The number of carbonyl (C=O) groups excluding carboxylic acids is 2. The first-order valence-electron chi connectivity index (χ1n) is 12.1. The van der Waals surface area contributed by atoms with E-state index in [1.807, 2.05) is 61.6 Å². The molecule has 4 aromatic rings. The molecule has 7 nitrogen and oxygen atoms in total. The van der Waals surface area contributed by atoms with Crippen LogP contribution in [0.3, 0.4) is 0 Å². The summed E-state index contributed by atoms with van der Waals surface area (Å²) < 4.78 is 2.11. The number of anilines is 1. The molecule has 5 rings (SSSR count). The number of carbonyl (C=O) groups is 2. The van der Waals surface area contributed by atoms with Gasteiger partial charge in [-0.05, 0) is 46.8 Å². The fraction of sp³-hybridized carbons (Fsp3) is 0.241. The van der Waals surface area contributed by atoms with Crippen molar-refractivity contribution >= 4 is 28.4 Å². The van der Waals surface area contributed by atoms with Gasteiger partial charge >= 0.3 is 0 Å². The number of aryl methyl sites for hydroxylation is 1. The minimum absolute atomic E-state index is 0.0908. The van der Waals surface area contributed by atoms with E-state index in [0.717, 1.165) is 33.4 Å². The summed E-state index contributed by atoms with van der Waals surface area (Å²) in [5.74, 6) is -0.259. The van der Waals surface area contributed by atoms with Crippen molar-refractivity contribution in [2.75, 3.05) is 19.0 Å². The van der Waals surface area contributed by atoms with E-state index in [9.17, 15) is 14.7 Å². The van der Waals surface area contributed by atoms with Crippen molar-refractivity contribution in [2.45, 2.75) is 25.7 Å². The van der Waals surface area contributed by atoms with Crippen molar-refractivity contribution in [1.29, 1.82) is 0 Å². The second-order valence-electron chi connectivity index (χ2n) is 9.35. The van der Waals surface area contributed by atoms with Crippen LogP contribution in [0.2, 0.25) is 0 Å². The molecule has 0 saturated heterocycles. The van der Waals surface area contributed by atoms with Crippen LogP contribution in [0.25, 0.3) is 10.9 Å². The van der Waals surface area contributed by atoms with Crippen molar-refractivity contribution in [3.8, 4) is 0 Å². The van der Waals surface area contributed by atoms with E-state index in [0.29, 0.717) is 25.2 Å². The highest BCUT2D eigenvalue weighted by Crippen LogP contribution is 2.27. The zero-order valence-electron chi connectivity index (χ0n) is 20.5. The first kappa shape index (κ1) is 23.6. The van der Waals surface area contributed by atoms with E-state index >= 15 is 0 Å². The zero-order valence-corrected chi connectivity index (χ0v) is 20.5. The molecule has 184 valence electrons. The van der Waals surface area contributed by atoms with Crippen LogP contribution in [0.5, 0.6) is 0 Å². The van der Waals surface area contributed by atoms with Crippen molar-refractivity contribution in [1.82, 2.24) is 14.4 Å². The van der Waals surface area contributed by atoms with Crippen LogP contribution in [-0.2, 0) is 31.5 Å². The number of rotatable bonds is 6. The number of aromatic nitrogens is 1. The predicted molar refractivity (Wildman–Crippen MR) is 140 cm³/mol. The molecule has 1 aliphatic rings. The Hall–Kier alpha value is -4.10. The highest BCUT2D eigenvalue weighted by atomic mass is 16.3. The van der Waals surface area contributed by atoms with Crippen LogP contribution in [0.15, 0.2) is 78.9 Å². The maximum Gasteiger partial charge on any atom is 0.253 e. The average molecular weight is 483 g/mol. The van der Waals surface area contributed by atoms with Crippen molar-refractivity contribution in [3.05, 3.63) is 101 Å². The highest BCUT2D eigenvalue weighted by molar-refractivity contribution is 5.95. The number of aliphatic hydroxyl groups is 1. The number of hydrogen-bond donors (Lipinski definition) is 2. The van der Waals surface area contributed by atoms with Crippen molar-refractivity contribution < 1.29 is 14.7 Å². The summed E-state index contributed by atoms with van der Waals surface area (Å²) in [6.45, 7) is 0.944. The third-order valence-corrected chi connectivity index (χ3v) is 6.85. The molecular weight excluding hydrogens is 452 g/mol. The van der Waals surface area contributed by atoms with E-state index in [1.165, 1.54) is 0 Å². The van der Waals surface area contributed by atoms with Crippen LogP contribution in [0.1, 0.15) is 27.2 Å². The SMILES string of the molecule is CN(Cc1cc2ccccc2n1C)C(=O)c1ccc2c(c1)CN(Cc1ccccc1)C(=O)[C@@H](CO)N2. The molecule has 0 radical (unpaired) electrons. The Kier molecular flexibility index (Phi) is 6.48. The van der Waals surface area contributed by atoms with Gasteiger partial charge in [-0.3, -0.25) is 9.59 Å². The molecule has 2 amide bonds. The van der Waals surface area contributed by atoms with Gasteiger partial charge in [0.15, 0.2) is 0 Å². The van der Waals surface area contributed by atoms with E-state index in [4.69, 9.17) is 0 Å². The van der Waals surface area contributed by atoms with Gasteiger partial charge in [-0.2, -0.15) is 0 Å². The van der Waals surface area contributed by atoms with Gasteiger partial charge in [0.05, 0.1) is 13.2 Å². The number of nitrogens with zero attached hydrogens (tertiary/aromatic N) is 3. The van der Waals surface area contributed by atoms with E-state index < -0.39 is 6.04 Å². The largest absolute Gasteiger partial charge is 0.394 e. The van der Waals surface area contributed by atoms with Crippen LogP contribution in [-0.4, -0.2) is 51.0 Å². The number of benzene rings is 3. The summed E-state index contributed by atoms with van der Waals surface area (Å²) in [4.78, 5) is 29.9. The minimum Gasteiger partial charge on any atom is -0.394 e. The Labute approximate surface area is 210 Å². The summed E-state index contributed by atoms with van der Waals surface area (Å²) in [5, 5.41) is 14.2. The van der Waals surface area contributed by atoms with E-state index in [2.05, 4.69) is 28.1 Å². The van der Waals surface area contributed by atoms with Gasteiger partial charge in [-0.15, -0.1) is 0 Å². The van der Waals surface area contributed by atoms with Crippen LogP contribution in [0.4, 0.5) is 5.69 Å². The van der Waals surface area contributed by atoms with Crippen LogP contribution >= 0.6 is 0 Å². The zero-order chi connectivity index (χ0) is 25.2. The molecule has 7 heteroatoms. The smallest absolute Gasteiger partial charge is 0.253 e. The third-order valence-electron chi connectivity index (χ3n) is 6.85. The van der Waals surface area contributed by atoms with Gasteiger partial charge in [0.1, 0.15) is 6.04 Å². The summed E-state index contributed by atoms with van der Waals surface area (Å²) in [6.07, 6.45) is 0. The standard InChI is InChI=1S/C29H30N4O3/c1-31(18-24-15-21-10-6-7-11-27(21)32(24)2)28(35)22-12-13-25-23(14-22)17-33(29(36)26(19-34)30-25)16-20-8-4-3-5-9-20/h3-15,26,30,34H,16-19H2,1-2H3/t26-/m1/s1. The first-order chi connectivity index (χ1) is 17.4. The molecule has 0 fully saturated rings. The summed E-state index contributed by atoms with van der Waals surface area (Å²) >= 11 is 0. The van der Waals surface area contributed by atoms with Crippen molar-refractivity contribution in [3.63, 3.8) is 0 Å². The number of nitrogens with one attached hydrogen (secondary N) is 1. The molecule has 36 heavy (non-hydrogen) atoms. The second-order valence-corrected chi connectivity index (χ2v) is 9.35. The molecule has 0 aliphatic carbocycles. The number of amides is 2. The topological polar surface area (TPSA) is 77.8 Å². The molecule has 1 aliphatic heterocycles. The molecular formula is C29H30N4O3. The average Bonchev–Trinajstić information content (AvgIpc) is 3.14. The summed E-state index contributed by atoms with van der Waals surface area (Å²) in [5.41, 5.74) is 5.35. The van der Waals surface area contributed by atoms with Gasteiger partial charge < -0.3 is 24.8 Å². The highest BCUT2D eigenvalue weighted by Gasteiger charge is 2.29. The second kappa shape index (κ2) is 9.87. The lowest BCUT2D eigenvalue weighted by atomic mass is 10.1. The monoisotopic (exact) mass is 482 g/mol. The quantitative estimate of drug-likeness (QED) is 0.439. The number of para-hydroxylation sites is 1. The predicted octanol–water partition coefficient (Wildman–Crippen LogP) is 3.77. The molecule has 2 heterocycles. The maximum absolute atomic E-state index is 13.4. The molecule has 0 spiro atoms. The summed E-state index contributed by atoms with van der Waals surface area (Å²) in [7, 11) is 3.82. The number of hydrogen-bond acceptors (Lipinski definition) is 4. The molecule has 1 aromatic heterocycles. The number of aliphatic hydroxyl groups excluding tert-OH is 1. The maximum atomic E-state index is 13.4. The Bertz CT molecular complexity index is 1410. The van der Waals surface area contributed by atoms with Gasteiger partial charge in [-0.25, -0.2) is 0 Å². The van der Waals surface area contributed by atoms with Crippen LogP contribution in [0, 0.1) is 0 Å². The van der Waals surface area contributed by atoms with Crippen molar-refractivity contribution in [2.24, 2.45) is 7.05 Å². The fourth-order valence-corrected chi connectivity index (χ4v) is 4.85. The molecule has 2 N–H and O–H groups in total. The van der Waals surface area contributed by atoms with E-state index in [-0.39, 0.29) is 18.4 Å². The van der Waals surface area contributed by atoms with Gasteiger partial charge in [0.2, 0.25) is 5.91 Å². The first-order valence-corrected chi connectivity index (χ1v) is 12.1. The van der Waals surface area contributed by atoms with Gasteiger partial charge in [0, 0.05) is 49.6 Å². The Morgan fingerprint density at radius 1 is 1.06 bits per heavy atom. The fourth-order valence-electron chi connectivity index (χ4n) is 4.85. The minimum atomic E-state index is -0.731. The molecule has 0 bridgehead atoms. The molecule has 1 atom stereocenters. The molecule has 0 unspecified atom stereocenters. The summed E-state index contributed by atoms with van der Waals surface area (Å²) in [6, 6.07) is 24.8. The number of fused-ring (bicyclic) bond motifs is 2. The van der Waals surface area contributed by atoms with Crippen LogP contribution < -0.4 is 5.32 Å². The lowest BCUT2D eigenvalue weighted by Crippen LogP contribution is -2.42. The lowest BCUT2D eigenvalue weighted by molar-refractivity contribution is -0.133. The third kappa shape index (κ3) is 4.57. The lowest BCUT2D eigenvalue weighted by Gasteiger charge is -2.24. The molecule has 0 saturated carbocycles. The van der Waals surface area contributed by atoms with Gasteiger partial charge in [0.25, 0.3) is 5.91 Å².